The Balaban J connectivity index is 1.51. The highest BCUT2D eigenvalue weighted by molar-refractivity contribution is 7.09. The fraction of sp³-hybridized carbons (Fsp3) is 0.200. The van der Waals surface area contributed by atoms with Gasteiger partial charge in [0, 0.05) is 29.0 Å². The van der Waals surface area contributed by atoms with Crippen LogP contribution in [0.15, 0.2) is 53.9 Å². The lowest BCUT2D eigenvalue weighted by atomic mass is 10.2. The summed E-state index contributed by atoms with van der Waals surface area (Å²) in [5.74, 6) is 0.735. The zero-order valence-corrected chi connectivity index (χ0v) is 17.0. The van der Waals surface area contributed by atoms with Gasteiger partial charge in [0.1, 0.15) is 17.4 Å². The zero-order valence-electron chi connectivity index (χ0n) is 14.7. The lowest BCUT2D eigenvalue weighted by molar-refractivity contribution is -0.129. The molecule has 0 unspecified atom stereocenters. The van der Waals surface area contributed by atoms with Crippen LogP contribution in [0.5, 0.6) is 5.75 Å². The van der Waals surface area contributed by atoms with E-state index in [1.807, 2.05) is 41.8 Å². The van der Waals surface area contributed by atoms with Gasteiger partial charge in [0.2, 0.25) is 5.91 Å². The van der Waals surface area contributed by atoms with E-state index in [-0.39, 0.29) is 12.3 Å². The summed E-state index contributed by atoms with van der Waals surface area (Å²) < 4.78 is 5.68. The van der Waals surface area contributed by atoms with Crippen LogP contribution in [0, 0.1) is 0 Å². The Morgan fingerprint density at radius 1 is 1.15 bits per heavy atom. The number of thiazole rings is 1. The topological polar surface area (TPSA) is 42.4 Å². The van der Waals surface area contributed by atoms with Gasteiger partial charge in [-0.3, -0.25) is 4.79 Å². The quantitative estimate of drug-likeness (QED) is 0.525. The average molecular weight is 421 g/mol. The Morgan fingerprint density at radius 3 is 2.67 bits per heavy atom. The van der Waals surface area contributed by atoms with Crippen molar-refractivity contribution in [3.63, 3.8) is 0 Å². The van der Waals surface area contributed by atoms with Crippen LogP contribution in [-0.4, -0.2) is 22.8 Å². The highest BCUT2D eigenvalue weighted by Gasteiger charge is 2.13. The van der Waals surface area contributed by atoms with Crippen LogP contribution in [0.2, 0.25) is 10.0 Å². The maximum Gasteiger partial charge on any atom is 0.228 e. The van der Waals surface area contributed by atoms with Crippen LogP contribution in [0.1, 0.15) is 16.3 Å². The molecule has 140 valence electrons. The molecule has 1 heterocycles. The van der Waals surface area contributed by atoms with E-state index in [4.69, 9.17) is 27.9 Å². The number of hydrogen-bond acceptors (Lipinski definition) is 4. The molecule has 0 saturated carbocycles. The second-order valence-corrected chi connectivity index (χ2v) is 7.85. The van der Waals surface area contributed by atoms with E-state index < -0.39 is 0 Å². The third-order valence-electron chi connectivity index (χ3n) is 3.84. The smallest absolute Gasteiger partial charge is 0.228 e. The molecule has 0 bridgehead atoms. The van der Waals surface area contributed by atoms with Crippen molar-refractivity contribution in [2.75, 3.05) is 7.05 Å². The van der Waals surface area contributed by atoms with E-state index in [0.717, 1.165) is 22.0 Å². The first-order valence-electron chi connectivity index (χ1n) is 8.29. The van der Waals surface area contributed by atoms with Crippen LogP contribution in [0.25, 0.3) is 0 Å². The minimum absolute atomic E-state index is 0.00504. The first-order chi connectivity index (χ1) is 13.0. The highest BCUT2D eigenvalue weighted by Crippen LogP contribution is 2.19. The fourth-order valence-corrected chi connectivity index (χ4v) is 3.50. The first-order valence-corrected chi connectivity index (χ1v) is 9.93. The number of amides is 1. The van der Waals surface area contributed by atoms with Crippen molar-refractivity contribution in [1.82, 2.24) is 9.88 Å². The number of likely N-dealkylation sites (N-methyl/N-ethyl adjacent to an activating group) is 1. The first kappa shape index (κ1) is 19.7. The fourth-order valence-electron chi connectivity index (χ4n) is 2.46. The number of aromatic nitrogens is 1. The number of nitrogens with zero attached hydrogens (tertiary/aromatic N) is 2. The monoisotopic (exact) mass is 420 g/mol. The van der Waals surface area contributed by atoms with Crippen molar-refractivity contribution in [1.29, 1.82) is 0 Å². The van der Waals surface area contributed by atoms with Gasteiger partial charge in [0.25, 0.3) is 0 Å². The van der Waals surface area contributed by atoms with Gasteiger partial charge in [0.15, 0.2) is 0 Å². The second kappa shape index (κ2) is 9.22. The number of carbonyl (C=O) groups excluding carboxylic acids is 1. The number of benzene rings is 2. The number of ether oxygens (including phenoxy) is 1. The van der Waals surface area contributed by atoms with Crippen molar-refractivity contribution in [2.45, 2.75) is 19.6 Å². The molecule has 0 N–H and O–H groups in total. The highest BCUT2D eigenvalue weighted by atomic mass is 35.5. The molecule has 0 aliphatic carbocycles. The summed E-state index contributed by atoms with van der Waals surface area (Å²) in [4.78, 5) is 18.6. The van der Waals surface area contributed by atoms with E-state index in [1.54, 1.807) is 24.1 Å². The lowest BCUT2D eigenvalue weighted by Gasteiger charge is -2.16. The SMILES string of the molecule is CN(Cc1cccc(Cl)c1)C(=O)Cc1csc(COc2ccc(Cl)cc2)n1. The Bertz CT molecular complexity index is 912. The van der Waals surface area contributed by atoms with Crippen LogP contribution in [0.3, 0.4) is 0 Å². The molecule has 2 aromatic carbocycles. The maximum absolute atomic E-state index is 12.4. The van der Waals surface area contributed by atoms with Gasteiger partial charge in [0.05, 0.1) is 12.1 Å². The normalized spacial score (nSPS) is 10.6. The zero-order chi connectivity index (χ0) is 19.2. The van der Waals surface area contributed by atoms with Crippen molar-refractivity contribution >= 4 is 40.4 Å². The molecule has 0 fully saturated rings. The molecule has 1 amide bonds. The van der Waals surface area contributed by atoms with Gasteiger partial charge in [-0.1, -0.05) is 35.3 Å². The second-order valence-electron chi connectivity index (χ2n) is 6.03. The van der Waals surface area contributed by atoms with Crippen molar-refractivity contribution < 1.29 is 9.53 Å². The van der Waals surface area contributed by atoms with Gasteiger partial charge in [-0.25, -0.2) is 4.98 Å². The number of halogens is 2. The maximum atomic E-state index is 12.4. The molecule has 0 saturated heterocycles. The summed E-state index contributed by atoms with van der Waals surface area (Å²) in [5.41, 5.74) is 1.74. The summed E-state index contributed by atoms with van der Waals surface area (Å²) in [6, 6.07) is 14.7. The predicted molar refractivity (Wildman–Crippen MR) is 110 cm³/mol. The standard InChI is InChI=1S/C20H18Cl2N2O2S/c1-24(11-14-3-2-4-16(22)9-14)20(25)10-17-13-27-19(23-17)12-26-18-7-5-15(21)6-8-18/h2-9,13H,10-12H2,1H3. The molecule has 27 heavy (non-hydrogen) atoms. The molecule has 0 spiro atoms. The van der Waals surface area contributed by atoms with Gasteiger partial charge in [-0.05, 0) is 42.0 Å². The molecule has 1 aromatic heterocycles. The molecule has 3 aromatic rings. The Morgan fingerprint density at radius 2 is 1.93 bits per heavy atom. The molecule has 0 atom stereocenters. The van der Waals surface area contributed by atoms with Crippen molar-refractivity contribution in [3.8, 4) is 5.75 Å². The van der Waals surface area contributed by atoms with Crippen LogP contribution >= 0.6 is 34.5 Å². The van der Waals surface area contributed by atoms with E-state index in [2.05, 4.69) is 4.98 Å². The van der Waals surface area contributed by atoms with Crippen LogP contribution in [-0.2, 0) is 24.4 Å². The predicted octanol–water partition coefficient (Wildman–Crippen LogP) is 5.23. The summed E-state index contributed by atoms with van der Waals surface area (Å²) in [6.45, 7) is 0.870. The average Bonchev–Trinajstić information content (AvgIpc) is 3.08. The van der Waals surface area contributed by atoms with E-state index in [9.17, 15) is 4.79 Å². The largest absolute Gasteiger partial charge is 0.486 e. The molecule has 3 rings (SSSR count). The minimum Gasteiger partial charge on any atom is -0.486 e. The Hall–Kier alpha value is -2.08. The van der Waals surface area contributed by atoms with Gasteiger partial charge in [-0.2, -0.15) is 0 Å². The number of rotatable bonds is 7. The van der Waals surface area contributed by atoms with Crippen molar-refractivity contribution in [3.05, 3.63) is 80.2 Å². The molecule has 0 aliphatic heterocycles. The molecule has 7 heteroatoms. The summed E-state index contributed by atoms with van der Waals surface area (Å²) >= 11 is 13.3. The van der Waals surface area contributed by atoms with Gasteiger partial charge >= 0.3 is 0 Å². The third kappa shape index (κ3) is 5.96. The lowest BCUT2D eigenvalue weighted by Crippen LogP contribution is -2.27. The van der Waals surface area contributed by atoms with Gasteiger partial charge in [-0.15, -0.1) is 11.3 Å². The summed E-state index contributed by atoms with van der Waals surface area (Å²) in [6.07, 6.45) is 0.258. The van der Waals surface area contributed by atoms with E-state index in [0.29, 0.717) is 23.2 Å². The minimum atomic E-state index is 0.00504. The molecule has 0 radical (unpaired) electrons. The third-order valence-corrected chi connectivity index (χ3v) is 5.20. The van der Waals surface area contributed by atoms with Crippen LogP contribution < -0.4 is 4.74 Å². The molecular formula is C20H18Cl2N2O2S. The van der Waals surface area contributed by atoms with Crippen molar-refractivity contribution in [2.24, 2.45) is 0 Å². The summed E-state index contributed by atoms with van der Waals surface area (Å²) in [5, 5.41) is 4.05. The van der Waals surface area contributed by atoms with E-state index >= 15 is 0 Å². The molecule has 4 nitrogen and oxygen atoms in total. The number of hydrogen-bond donors (Lipinski definition) is 0. The van der Waals surface area contributed by atoms with Crippen LogP contribution in [0.4, 0.5) is 0 Å². The van der Waals surface area contributed by atoms with E-state index in [1.165, 1.54) is 11.3 Å². The van der Waals surface area contributed by atoms with Gasteiger partial charge < -0.3 is 9.64 Å². The Labute approximate surface area is 172 Å². The summed E-state index contributed by atoms with van der Waals surface area (Å²) in [7, 11) is 1.78. The Kier molecular flexibility index (Phi) is 6.72. The number of carbonyl (C=O) groups is 1. The molecule has 0 aliphatic rings. The molecular weight excluding hydrogens is 403 g/mol.